The van der Waals surface area contributed by atoms with Crippen LogP contribution in [0, 0.1) is 6.92 Å². The Hall–Kier alpha value is -4.17. The summed E-state index contributed by atoms with van der Waals surface area (Å²) in [5.41, 5.74) is 8.98. The lowest BCUT2D eigenvalue weighted by atomic mass is 10.1. The Morgan fingerprint density at radius 1 is 0.625 bits per heavy atom. The van der Waals surface area contributed by atoms with Crippen LogP contribution < -0.4 is 0 Å². The molecule has 4 aromatic carbocycles. The molecular formula is C30H24N2. The highest BCUT2D eigenvalue weighted by Crippen LogP contribution is 2.35. The van der Waals surface area contributed by atoms with E-state index < -0.39 is 0 Å². The summed E-state index contributed by atoms with van der Waals surface area (Å²) < 4.78 is 2.33. The van der Waals surface area contributed by atoms with Crippen molar-refractivity contribution in [3.8, 4) is 28.2 Å². The van der Waals surface area contributed by atoms with Crippen molar-refractivity contribution in [3.63, 3.8) is 0 Å². The fourth-order valence-corrected chi connectivity index (χ4v) is 3.96. The molecule has 2 heteroatoms. The minimum atomic E-state index is 0.948. The molecule has 0 saturated heterocycles. The Morgan fingerprint density at radius 2 is 1.19 bits per heavy atom. The van der Waals surface area contributed by atoms with E-state index in [-0.39, 0.29) is 0 Å². The maximum atomic E-state index is 4.81. The molecule has 0 bridgehead atoms. The third kappa shape index (κ3) is 4.03. The molecule has 1 aromatic heterocycles. The van der Waals surface area contributed by atoms with Crippen LogP contribution in [0.4, 0.5) is 5.69 Å². The lowest BCUT2D eigenvalue weighted by Crippen LogP contribution is -2.00. The molecule has 154 valence electrons. The molecule has 0 amide bonds. The monoisotopic (exact) mass is 412 g/mol. The van der Waals surface area contributed by atoms with E-state index in [9.17, 15) is 0 Å². The predicted molar refractivity (Wildman–Crippen MR) is 135 cm³/mol. The van der Waals surface area contributed by atoms with Gasteiger partial charge in [0.15, 0.2) is 0 Å². The number of hydrogen-bond acceptors (Lipinski definition) is 1. The largest absolute Gasteiger partial charge is 0.309 e. The van der Waals surface area contributed by atoms with E-state index in [0.717, 1.165) is 33.9 Å². The summed E-state index contributed by atoms with van der Waals surface area (Å²) in [7, 11) is 0. The molecule has 0 fully saturated rings. The van der Waals surface area contributed by atoms with Crippen molar-refractivity contribution in [3.05, 3.63) is 132 Å². The molecule has 0 aliphatic rings. The SMILES string of the molecule is Cc1ccc(N=Cc2cc(-c3ccccc3)n(-c3ccccc3)c2-c2ccccc2)cc1. The number of aromatic nitrogens is 1. The van der Waals surface area contributed by atoms with E-state index >= 15 is 0 Å². The molecule has 1 heterocycles. The van der Waals surface area contributed by atoms with Crippen LogP contribution in [-0.4, -0.2) is 10.8 Å². The second kappa shape index (κ2) is 8.91. The number of para-hydroxylation sites is 1. The Bertz CT molecular complexity index is 1330. The van der Waals surface area contributed by atoms with Crippen LogP contribution in [0.15, 0.2) is 126 Å². The topological polar surface area (TPSA) is 17.3 Å². The first kappa shape index (κ1) is 19.8. The van der Waals surface area contributed by atoms with Gasteiger partial charge in [-0.2, -0.15) is 0 Å². The van der Waals surface area contributed by atoms with Crippen LogP contribution in [-0.2, 0) is 0 Å². The first-order chi connectivity index (χ1) is 15.8. The van der Waals surface area contributed by atoms with E-state index in [1.165, 1.54) is 11.1 Å². The normalized spacial score (nSPS) is 11.2. The molecule has 0 aliphatic carbocycles. The minimum Gasteiger partial charge on any atom is -0.309 e. The Kier molecular flexibility index (Phi) is 5.50. The van der Waals surface area contributed by atoms with Gasteiger partial charge < -0.3 is 4.57 Å². The van der Waals surface area contributed by atoms with Crippen LogP contribution >= 0.6 is 0 Å². The third-order valence-corrected chi connectivity index (χ3v) is 5.55. The van der Waals surface area contributed by atoms with Gasteiger partial charge in [0.2, 0.25) is 0 Å². The molecule has 0 N–H and O–H groups in total. The van der Waals surface area contributed by atoms with Crippen LogP contribution in [0.1, 0.15) is 11.1 Å². The summed E-state index contributed by atoms with van der Waals surface area (Å²) in [4.78, 5) is 4.81. The summed E-state index contributed by atoms with van der Waals surface area (Å²) in [5, 5.41) is 0. The predicted octanol–water partition coefficient (Wildman–Crippen LogP) is 7.87. The first-order valence-corrected chi connectivity index (χ1v) is 10.8. The number of nitrogens with zero attached hydrogens (tertiary/aromatic N) is 2. The van der Waals surface area contributed by atoms with Gasteiger partial charge in [-0.05, 0) is 48.4 Å². The maximum absolute atomic E-state index is 4.81. The highest BCUT2D eigenvalue weighted by atomic mass is 15.0. The zero-order valence-corrected chi connectivity index (χ0v) is 18.0. The van der Waals surface area contributed by atoms with E-state index in [0.29, 0.717) is 0 Å². The molecular weight excluding hydrogens is 388 g/mol. The molecule has 0 atom stereocenters. The summed E-state index contributed by atoms with van der Waals surface area (Å²) >= 11 is 0. The molecule has 0 aliphatic heterocycles. The van der Waals surface area contributed by atoms with Gasteiger partial charge in [-0.3, -0.25) is 4.99 Å². The average Bonchev–Trinajstić information content (AvgIpc) is 3.25. The number of rotatable bonds is 5. The first-order valence-electron chi connectivity index (χ1n) is 10.8. The lowest BCUT2D eigenvalue weighted by molar-refractivity contribution is 1.09. The van der Waals surface area contributed by atoms with Crippen LogP contribution in [0.25, 0.3) is 28.2 Å². The van der Waals surface area contributed by atoms with Gasteiger partial charge in [-0.15, -0.1) is 0 Å². The van der Waals surface area contributed by atoms with Crippen LogP contribution in [0.2, 0.25) is 0 Å². The number of aliphatic imine (C=N–C) groups is 1. The van der Waals surface area contributed by atoms with E-state index in [2.05, 4.69) is 133 Å². The average molecular weight is 413 g/mol. The van der Waals surface area contributed by atoms with Crippen molar-refractivity contribution in [2.45, 2.75) is 6.92 Å². The van der Waals surface area contributed by atoms with E-state index in [1.54, 1.807) is 0 Å². The van der Waals surface area contributed by atoms with E-state index in [4.69, 9.17) is 4.99 Å². The summed E-state index contributed by atoms with van der Waals surface area (Å²) in [5.74, 6) is 0. The fraction of sp³-hybridized carbons (Fsp3) is 0.0333. The Balaban J connectivity index is 1.76. The molecule has 0 spiro atoms. The molecule has 32 heavy (non-hydrogen) atoms. The van der Waals surface area contributed by atoms with Gasteiger partial charge in [0, 0.05) is 17.5 Å². The second-order valence-electron chi connectivity index (χ2n) is 7.83. The van der Waals surface area contributed by atoms with Crippen molar-refractivity contribution >= 4 is 11.9 Å². The lowest BCUT2D eigenvalue weighted by Gasteiger charge is -2.15. The van der Waals surface area contributed by atoms with Crippen molar-refractivity contribution in [2.75, 3.05) is 0 Å². The summed E-state index contributed by atoms with van der Waals surface area (Å²) in [6.45, 7) is 2.09. The molecule has 0 radical (unpaired) electrons. The number of benzene rings is 4. The standard InChI is InChI=1S/C30H24N2/c1-23-17-19-27(20-18-23)31-22-26-21-29(24-11-5-2-6-12-24)32(28-15-9-4-10-16-28)30(26)25-13-7-3-8-14-25/h2-22H,1H3. The smallest absolute Gasteiger partial charge is 0.0630 e. The fourth-order valence-electron chi connectivity index (χ4n) is 3.96. The minimum absolute atomic E-state index is 0.948. The highest BCUT2D eigenvalue weighted by molar-refractivity contribution is 5.94. The van der Waals surface area contributed by atoms with E-state index in [1.807, 2.05) is 6.21 Å². The summed E-state index contributed by atoms with van der Waals surface area (Å²) in [6, 6.07) is 42.1. The number of aryl methyl sites for hydroxylation is 1. The molecule has 5 aromatic rings. The van der Waals surface area contributed by atoms with Crippen molar-refractivity contribution < 1.29 is 0 Å². The highest BCUT2D eigenvalue weighted by Gasteiger charge is 2.18. The molecule has 5 rings (SSSR count). The zero-order valence-electron chi connectivity index (χ0n) is 18.0. The molecule has 0 unspecified atom stereocenters. The second-order valence-corrected chi connectivity index (χ2v) is 7.83. The maximum Gasteiger partial charge on any atom is 0.0630 e. The van der Waals surface area contributed by atoms with Gasteiger partial charge in [0.25, 0.3) is 0 Å². The van der Waals surface area contributed by atoms with Crippen LogP contribution in [0.3, 0.4) is 0 Å². The molecule has 2 nitrogen and oxygen atoms in total. The van der Waals surface area contributed by atoms with Gasteiger partial charge >= 0.3 is 0 Å². The summed E-state index contributed by atoms with van der Waals surface area (Å²) in [6.07, 6.45) is 1.98. The van der Waals surface area contributed by atoms with Crippen molar-refractivity contribution in [1.82, 2.24) is 4.57 Å². The van der Waals surface area contributed by atoms with Gasteiger partial charge in [0.05, 0.1) is 17.1 Å². The zero-order chi connectivity index (χ0) is 21.8. The van der Waals surface area contributed by atoms with Crippen molar-refractivity contribution in [1.29, 1.82) is 0 Å². The van der Waals surface area contributed by atoms with Crippen LogP contribution in [0.5, 0.6) is 0 Å². The Morgan fingerprint density at radius 3 is 1.81 bits per heavy atom. The van der Waals surface area contributed by atoms with Gasteiger partial charge in [-0.1, -0.05) is 96.6 Å². The van der Waals surface area contributed by atoms with Crippen molar-refractivity contribution in [2.24, 2.45) is 4.99 Å². The number of hydrogen-bond donors (Lipinski definition) is 0. The Labute approximate surface area is 189 Å². The quantitative estimate of drug-likeness (QED) is 0.261. The van der Waals surface area contributed by atoms with Gasteiger partial charge in [0.1, 0.15) is 0 Å². The molecule has 0 saturated carbocycles. The third-order valence-electron chi connectivity index (χ3n) is 5.55. The van der Waals surface area contributed by atoms with Gasteiger partial charge in [-0.25, -0.2) is 0 Å².